The number of hydrogen-bond acceptors (Lipinski definition) is 22. The number of aryl methyl sites for hydroxylation is 2. The van der Waals surface area contributed by atoms with E-state index in [4.69, 9.17) is 30.5 Å². The quantitative estimate of drug-likeness (QED) is 0.0528. The Morgan fingerprint density at radius 2 is 1.30 bits per heavy atom. The van der Waals surface area contributed by atoms with E-state index in [1.807, 2.05) is 13.8 Å². The standard InChI is InChI=1S/C73H89ClN10O21/c1-7-8-9-10-11-12-21-76-73(101)79-52(88)30-45-66(95)80-55-38-27-49(102-47-19-14-36(23-33(47)4)59(89)57(70(99)78-45)83-65(94)44(75-6)22-32(2)3)64(105-72-63(93)62(92)61(91)51(31-85)104-72)50(28-38)103-48-20-15-37(26-43(48)74)60(90)58-71(100)82-56(69(98)77-39-16-17-39)42-29-40(86)24-34(5)53(42)41-25-35(13-18-46(41)87)54(67(96)84-58)81-68(55)97/h13-15,18-20,23-29,32,39,44-45,51,54-63,72,75,85-87,89-93H,7-12,16-17,21-22,30-31H2,1-6H3,(H,77,98)(H,78,99)(H,80,95)(H,81,97)(H,82,100)(H,83,94)(H,84,96)(H2,76,79,88,101)/t44-,45+,51-,54-,55-,56+,57-,58+,59-,60-,61-,62+,63-,72+/m1/s1. The summed E-state index contributed by atoms with van der Waals surface area (Å²) in [7, 11) is 1.50. The van der Waals surface area contributed by atoms with Gasteiger partial charge in [0.05, 0.1) is 24.1 Å². The average molecular weight is 1480 g/mol. The van der Waals surface area contributed by atoms with Gasteiger partial charge in [-0.05, 0) is 158 Å². The highest BCUT2D eigenvalue weighted by atomic mass is 35.5. The largest absolute Gasteiger partial charge is 0.508 e. The topological polar surface area (TPSA) is 473 Å². The monoisotopic (exact) mass is 1480 g/mol. The average Bonchev–Trinajstić information content (AvgIpc) is 1.69. The Balaban J connectivity index is 1.20. The van der Waals surface area contributed by atoms with Crippen LogP contribution in [0.15, 0.2) is 78.9 Å². The Labute approximate surface area is 608 Å². The first-order valence-electron chi connectivity index (χ1n) is 34.9. The first-order valence-corrected chi connectivity index (χ1v) is 35.3. The number of aliphatic hydroxyl groups is 6. The van der Waals surface area contributed by atoms with Gasteiger partial charge in [0, 0.05) is 18.2 Å². The van der Waals surface area contributed by atoms with E-state index in [1.54, 1.807) is 0 Å². The van der Waals surface area contributed by atoms with Crippen LogP contribution in [-0.4, -0.2) is 175 Å². The van der Waals surface area contributed by atoms with Crippen LogP contribution in [-0.2, 0) is 43.1 Å². The molecule has 7 aliphatic rings. The maximum absolute atomic E-state index is 16.2. The van der Waals surface area contributed by atoms with Gasteiger partial charge in [-0.25, -0.2) is 4.79 Å². The van der Waals surface area contributed by atoms with Crippen LogP contribution in [0.2, 0.25) is 5.02 Å². The van der Waals surface area contributed by atoms with Gasteiger partial charge in [0.25, 0.3) is 0 Å². The molecule has 31 nitrogen and oxygen atoms in total. The second-order valence-electron chi connectivity index (χ2n) is 27.4. The first-order chi connectivity index (χ1) is 50.0. The number of imide groups is 1. The highest BCUT2D eigenvalue weighted by Gasteiger charge is 2.47. The molecule has 1 saturated heterocycles. The van der Waals surface area contributed by atoms with E-state index in [0.717, 1.165) is 56.4 Å². The number of nitrogens with one attached hydrogen (secondary N) is 10. The number of carbonyl (C=O) groups excluding carboxylic acids is 9. The van der Waals surface area contributed by atoms with Crippen molar-refractivity contribution in [2.75, 3.05) is 20.2 Å². The van der Waals surface area contributed by atoms with E-state index < -0.39 is 180 Å². The van der Waals surface area contributed by atoms with Crippen LogP contribution in [0.4, 0.5) is 4.79 Å². The van der Waals surface area contributed by atoms with E-state index in [0.29, 0.717) is 19.3 Å². The summed E-state index contributed by atoms with van der Waals surface area (Å²) in [5, 5.41) is 118. The van der Waals surface area contributed by atoms with Crippen molar-refractivity contribution in [3.8, 4) is 51.4 Å². The van der Waals surface area contributed by atoms with Crippen molar-refractivity contribution < 1.29 is 103 Å². The van der Waals surface area contributed by atoms with E-state index in [-0.39, 0.29) is 91.7 Å². The minimum Gasteiger partial charge on any atom is -0.508 e. The molecule has 1 saturated carbocycles. The fourth-order valence-corrected chi connectivity index (χ4v) is 13.2. The van der Waals surface area contributed by atoms with Gasteiger partial charge in [0.1, 0.15) is 95.9 Å². The number of phenolic OH excluding ortho intramolecular Hbond substituents is 2. The van der Waals surface area contributed by atoms with E-state index >= 15 is 24.0 Å². The summed E-state index contributed by atoms with van der Waals surface area (Å²) in [5.41, 5.74) is -0.458. The molecule has 0 unspecified atom stereocenters. The summed E-state index contributed by atoms with van der Waals surface area (Å²) in [5.74, 6) is -12.2. The lowest BCUT2D eigenvalue weighted by molar-refractivity contribution is -0.277. The predicted molar refractivity (Wildman–Crippen MR) is 375 cm³/mol. The maximum atomic E-state index is 16.2. The highest BCUT2D eigenvalue weighted by molar-refractivity contribution is 6.32. The maximum Gasteiger partial charge on any atom is 0.321 e. The third kappa shape index (κ3) is 18.3. The molecule has 0 radical (unpaired) electrons. The molecule has 18 N–H and O–H groups in total. The van der Waals surface area contributed by atoms with Crippen LogP contribution in [0.25, 0.3) is 11.1 Å². The number of phenols is 2. The van der Waals surface area contributed by atoms with Gasteiger partial charge in [0.15, 0.2) is 11.5 Å². The molecule has 564 valence electrons. The molecule has 10 amide bonds. The number of ether oxygens (including phenoxy) is 4. The number of aliphatic hydroxyl groups excluding tert-OH is 6. The Hall–Kier alpha value is -9.70. The minimum atomic E-state index is -2.28. The number of aromatic hydroxyl groups is 2. The van der Waals surface area contributed by atoms with E-state index in [9.17, 15) is 60.0 Å². The summed E-state index contributed by atoms with van der Waals surface area (Å²) in [6, 6.07) is 1.33. The molecule has 5 aromatic carbocycles. The lowest BCUT2D eigenvalue weighted by Crippen LogP contribution is -2.60. The molecule has 6 aliphatic heterocycles. The number of carbonyl (C=O) groups is 9. The molecule has 0 spiro atoms. The SMILES string of the molecule is CCCCCCCCNC(=O)NC(=O)C[C@@H]1NC(=O)[C@H](NC(=O)[C@@H](CC(C)C)NC)[C@H](O)c2ccc(c(C)c2)Oc2cc3cc(c2O[C@@H]2O[C@H](CO)[C@@H](O)[C@H](O)[C@H]2O)Oc2ccc(cc2Cl)[C@@H](O)[C@@H]2NC(=O)[C@H](NC(=O)[C@@H]3NC1=O)c1ccc(O)c(c1)-c1c(C)cc(O)cc1[C@@H](C(=O)NC1CC1)NC2=O. The molecule has 2 fully saturated rings. The summed E-state index contributed by atoms with van der Waals surface area (Å²) < 4.78 is 25.5. The number of amides is 10. The summed E-state index contributed by atoms with van der Waals surface area (Å²) in [6.45, 7) is 8.03. The number of unbranched alkanes of at least 4 members (excludes halogenated alkanes) is 5. The molecule has 6 heterocycles. The Morgan fingerprint density at radius 1 is 0.657 bits per heavy atom. The van der Waals surface area contributed by atoms with E-state index in [2.05, 4.69) is 60.1 Å². The van der Waals surface area contributed by atoms with Crippen LogP contribution >= 0.6 is 11.6 Å². The number of rotatable bonds is 19. The third-order valence-electron chi connectivity index (χ3n) is 18.8. The van der Waals surface area contributed by atoms with Crippen molar-refractivity contribution in [1.29, 1.82) is 0 Å². The zero-order chi connectivity index (χ0) is 75.8. The Morgan fingerprint density at radius 3 is 1.97 bits per heavy atom. The van der Waals surface area contributed by atoms with Crippen molar-refractivity contribution in [3.05, 3.63) is 123 Å². The molecule has 11 bridgehead atoms. The van der Waals surface area contributed by atoms with Crippen LogP contribution in [0.3, 0.4) is 0 Å². The van der Waals surface area contributed by atoms with Gasteiger partial charge in [-0.15, -0.1) is 0 Å². The highest BCUT2D eigenvalue weighted by Crippen LogP contribution is 2.49. The number of benzene rings is 5. The van der Waals surface area contributed by atoms with Crippen molar-refractivity contribution >= 4 is 64.9 Å². The number of likely N-dealkylation sites (N-methyl/N-ethyl adjacent to an activating group) is 1. The van der Waals surface area contributed by atoms with E-state index in [1.165, 1.54) is 75.5 Å². The summed E-state index contributed by atoms with van der Waals surface area (Å²) in [6.07, 6.45) is -8.24. The number of hydrogen-bond donors (Lipinski definition) is 18. The molecule has 12 rings (SSSR count). The molecule has 1 aliphatic carbocycles. The lowest BCUT2D eigenvalue weighted by Gasteiger charge is -2.39. The van der Waals surface area contributed by atoms with Gasteiger partial charge in [-0.2, -0.15) is 0 Å². The van der Waals surface area contributed by atoms with Gasteiger partial charge in [0.2, 0.25) is 59.3 Å². The summed E-state index contributed by atoms with van der Waals surface area (Å²) >= 11 is 7.10. The molecule has 0 aromatic heterocycles. The Kier molecular flexibility index (Phi) is 25.3. The molecular formula is C73H89ClN10O21. The second kappa shape index (κ2) is 34.0. The van der Waals surface area contributed by atoms with Crippen molar-refractivity contribution in [1.82, 2.24) is 53.2 Å². The van der Waals surface area contributed by atoms with Gasteiger partial charge < -0.3 is 108 Å². The number of fused-ring (bicyclic) bond motifs is 15. The predicted octanol–water partition coefficient (Wildman–Crippen LogP) is 3.02. The lowest BCUT2D eigenvalue weighted by atomic mass is 9.87. The first kappa shape index (κ1) is 77.9. The second-order valence-corrected chi connectivity index (χ2v) is 27.8. The summed E-state index contributed by atoms with van der Waals surface area (Å²) in [4.78, 5) is 135. The van der Waals surface area contributed by atoms with Crippen LogP contribution in [0.1, 0.15) is 154 Å². The zero-order valence-electron chi connectivity index (χ0n) is 58.5. The smallest absolute Gasteiger partial charge is 0.321 e. The zero-order valence-corrected chi connectivity index (χ0v) is 59.2. The van der Waals surface area contributed by atoms with Crippen molar-refractivity contribution in [2.45, 2.75) is 190 Å². The molecule has 32 heteroatoms. The van der Waals surface area contributed by atoms with Crippen molar-refractivity contribution in [3.63, 3.8) is 0 Å². The van der Waals surface area contributed by atoms with Gasteiger partial charge in [-0.3, -0.25) is 43.7 Å². The fourth-order valence-electron chi connectivity index (χ4n) is 13.0. The number of halogens is 1. The number of urea groups is 1. The molecule has 5 aromatic rings. The molecule has 105 heavy (non-hydrogen) atoms. The van der Waals surface area contributed by atoms with Crippen LogP contribution < -0.4 is 67.4 Å². The van der Waals surface area contributed by atoms with Crippen LogP contribution in [0.5, 0.6) is 40.2 Å². The Bertz CT molecular complexity index is 4120. The van der Waals surface area contributed by atoms with Crippen molar-refractivity contribution in [2.24, 2.45) is 5.92 Å². The normalized spacial score (nSPS) is 24.9. The minimum absolute atomic E-state index is 0.0238. The third-order valence-corrected chi connectivity index (χ3v) is 19.1. The van der Waals surface area contributed by atoms with Gasteiger partial charge >= 0.3 is 6.03 Å². The fraction of sp³-hybridized carbons (Fsp3) is 0.466. The van der Waals surface area contributed by atoms with Crippen LogP contribution in [0, 0.1) is 19.8 Å². The van der Waals surface area contributed by atoms with Gasteiger partial charge in [-0.1, -0.05) is 82.7 Å². The molecule has 14 atom stereocenters. The molecular weight excluding hydrogens is 1390 g/mol.